The average molecular weight is 263 g/mol. The minimum absolute atomic E-state index is 0.0720. The number of hydrogen-bond donors (Lipinski definition) is 2. The number of carbonyl (C=O) groups is 2. The Morgan fingerprint density at radius 2 is 1.89 bits per heavy atom. The summed E-state index contributed by atoms with van der Waals surface area (Å²) in [5.74, 6) is 0.164. The Hall–Kier alpha value is -2.31. The van der Waals surface area contributed by atoms with Gasteiger partial charge in [0.2, 0.25) is 5.91 Å². The molecule has 2 amide bonds. The van der Waals surface area contributed by atoms with Gasteiger partial charge in [-0.25, -0.2) is 4.98 Å². The van der Waals surface area contributed by atoms with Crippen molar-refractivity contribution in [3.8, 4) is 0 Å². The Bertz CT molecular complexity index is 509. The first-order valence-corrected chi connectivity index (χ1v) is 6.05. The minimum atomic E-state index is -0.566. The second-order valence-electron chi connectivity index (χ2n) is 4.49. The number of nitrogen functional groups attached to an aromatic ring is 1. The lowest BCUT2D eigenvalue weighted by atomic mass is 10.2. The van der Waals surface area contributed by atoms with Crippen molar-refractivity contribution in [2.24, 2.45) is 5.73 Å². The highest BCUT2D eigenvalue weighted by Crippen LogP contribution is 2.19. The SMILES string of the molecule is CC(=O)N1CCN(c2cc(C(N)=O)c(N)cn2)CC1. The Labute approximate surface area is 111 Å². The fourth-order valence-corrected chi connectivity index (χ4v) is 2.09. The quantitative estimate of drug-likeness (QED) is 0.743. The van der Waals surface area contributed by atoms with Gasteiger partial charge in [0.25, 0.3) is 5.91 Å². The average Bonchev–Trinajstić information content (AvgIpc) is 2.39. The van der Waals surface area contributed by atoms with Crippen LogP contribution in [-0.4, -0.2) is 47.9 Å². The number of nitrogens with zero attached hydrogens (tertiary/aromatic N) is 3. The smallest absolute Gasteiger partial charge is 0.250 e. The van der Waals surface area contributed by atoms with Gasteiger partial charge in [0.05, 0.1) is 17.4 Å². The van der Waals surface area contributed by atoms with Crippen LogP contribution in [0, 0.1) is 0 Å². The van der Waals surface area contributed by atoms with Crippen LogP contribution >= 0.6 is 0 Å². The molecule has 19 heavy (non-hydrogen) atoms. The molecule has 7 heteroatoms. The molecular weight excluding hydrogens is 246 g/mol. The summed E-state index contributed by atoms with van der Waals surface area (Å²) in [7, 11) is 0. The van der Waals surface area contributed by atoms with Crippen LogP contribution in [0.3, 0.4) is 0 Å². The highest BCUT2D eigenvalue weighted by atomic mass is 16.2. The summed E-state index contributed by atoms with van der Waals surface area (Å²) < 4.78 is 0. The molecule has 0 bridgehead atoms. The van der Waals surface area contributed by atoms with E-state index in [9.17, 15) is 9.59 Å². The molecule has 7 nitrogen and oxygen atoms in total. The number of amides is 2. The largest absolute Gasteiger partial charge is 0.397 e. The van der Waals surface area contributed by atoms with Gasteiger partial charge in [-0.15, -0.1) is 0 Å². The minimum Gasteiger partial charge on any atom is -0.397 e. The zero-order chi connectivity index (χ0) is 14.0. The number of nitrogens with two attached hydrogens (primary N) is 2. The number of piperazine rings is 1. The molecule has 1 saturated heterocycles. The summed E-state index contributed by atoms with van der Waals surface area (Å²) >= 11 is 0. The van der Waals surface area contributed by atoms with E-state index in [0.29, 0.717) is 32.0 Å². The van der Waals surface area contributed by atoms with Gasteiger partial charge in [-0.05, 0) is 6.07 Å². The Balaban J connectivity index is 2.14. The second kappa shape index (κ2) is 5.13. The highest BCUT2D eigenvalue weighted by molar-refractivity contribution is 5.98. The van der Waals surface area contributed by atoms with E-state index in [0.717, 1.165) is 0 Å². The molecule has 0 aromatic carbocycles. The number of carbonyl (C=O) groups excluding carboxylic acids is 2. The van der Waals surface area contributed by atoms with Gasteiger partial charge >= 0.3 is 0 Å². The lowest BCUT2D eigenvalue weighted by Gasteiger charge is -2.35. The third kappa shape index (κ3) is 2.75. The molecule has 4 N–H and O–H groups in total. The molecule has 0 unspecified atom stereocenters. The summed E-state index contributed by atoms with van der Waals surface area (Å²) in [6.45, 7) is 4.20. The van der Waals surface area contributed by atoms with Crippen LogP contribution in [0.15, 0.2) is 12.3 Å². The standard InChI is InChI=1S/C12H17N5O2/c1-8(18)16-2-4-17(5-3-16)11-6-9(12(14)19)10(13)7-15-11/h6-7H,2-5,13H2,1H3,(H2,14,19). The Kier molecular flexibility index (Phi) is 3.55. The molecule has 1 fully saturated rings. The van der Waals surface area contributed by atoms with Crippen LogP contribution in [-0.2, 0) is 4.79 Å². The summed E-state index contributed by atoms with van der Waals surface area (Å²) in [5, 5.41) is 0. The highest BCUT2D eigenvalue weighted by Gasteiger charge is 2.20. The van der Waals surface area contributed by atoms with Crippen molar-refractivity contribution in [2.75, 3.05) is 36.8 Å². The Morgan fingerprint density at radius 1 is 1.26 bits per heavy atom. The van der Waals surface area contributed by atoms with E-state index < -0.39 is 5.91 Å². The molecule has 102 valence electrons. The van der Waals surface area contributed by atoms with Crippen LogP contribution < -0.4 is 16.4 Å². The third-order valence-corrected chi connectivity index (χ3v) is 3.23. The lowest BCUT2D eigenvalue weighted by molar-refractivity contribution is -0.129. The van der Waals surface area contributed by atoms with Gasteiger partial charge in [-0.2, -0.15) is 0 Å². The van der Waals surface area contributed by atoms with Gasteiger partial charge in [0.15, 0.2) is 0 Å². The zero-order valence-corrected chi connectivity index (χ0v) is 10.8. The van der Waals surface area contributed by atoms with Gasteiger partial charge in [0, 0.05) is 33.1 Å². The number of primary amides is 1. The maximum atomic E-state index is 11.2. The molecule has 1 aromatic rings. The van der Waals surface area contributed by atoms with Crippen LogP contribution in [0.25, 0.3) is 0 Å². The number of pyridine rings is 1. The predicted molar refractivity (Wildman–Crippen MR) is 71.6 cm³/mol. The Morgan fingerprint density at radius 3 is 2.42 bits per heavy atom. The van der Waals surface area contributed by atoms with Crippen LogP contribution in [0.2, 0.25) is 0 Å². The first-order valence-electron chi connectivity index (χ1n) is 6.05. The number of anilines is 2. The van der Waals surface area contributed by atoms with Crippen LogP contribution in [0.4, 0.5) is 11.5 Å². The fourth-order valence-electron chi connectivity index (χ4n) is 2.09. The van der Waals surface area contributed by atoms with Crippen molar-refractivity contribution >= 4 is 23.3 Å². The van der Waals surface area contributed by atoms with Crippen molar-refractivity contribution < 1.29 is 9.59 Å². The van der Waals surface area contributed by atoms with E-state index in [4.69, 9.17) is 11.5 Å². The van der Waals surface area contributed by atoms with Gasteiger partial charge in [0.1, 0.15) is 5.82 Å². The van der Waals surface area contributed by atoms with Crippen molar-refractivity contribution in [3.63, 3.8) is 0 Å². The maximum absolute atomic E-state index is 11.2. The number of rotatable bonds is 2. The van der Waals surface area contributed by atoms with Crippen molar-refractivity contribution in [2.45, 2.75) is 6.92 Å². The van der Waals surface area contributed by atoms with Crippen LogP contribution in [0.1, 0.15) is 17.3 Å². The van der Waals surface area contributed by atoms with Crippen molar-refractivity contribution in [1.82, 2.24) is 9.88 Å². The molecule has 0 spiro atoms. The van der Waals surface area contributed by atoms with Crippen LogP contribution in [0.5, 0.6) is 0 Å². The van der Waals surface area contributed by atoms with Gasteiger partial charge < -0.3 is 21.3 Å². The summed E-state index contributed by atoms with van der Waals surface area (Å²) in [6, 6.07) is 1.60. The first kappa shape index (κ1) is 13.1. The summed E-state index contributed by atoms with van der Waals surface area (Å²) in [6.07, 6.45) is 1.44. The third-order valence-electron chi connectivity index (χ3n) is 3.23. The van der Waals surface area contributed by atoms with Crippen molar-refractivity contribution in [1.29, 1.82) is 0 Å². The lowest BCUT2D eigenvalue weighted by Crippen LogP contribution is -2.48. The van der Waals surface area contributed by atoms with E-state index in [1.807, 2.05) is 4.90 Å². The molecule has 1 aromatic heterocycles. The summed E-state index contributed by atoms with van der Waals surface area (Å²) in [5.41, 5.74) is 11.5. The molecule has 1 aliphatic heterocycles. The maximum Gasteiger partial charge on any atom is 0.250 e. The summed E-state index contributed by atoms with van der Waals surface area (Å²) in [4.78, 5) is 30.5. The van der Waals surface area contributed by atoms with Gasteiger partial charge in [-0.3, -0.25) is 9.59 Å². The fraction of sp³-hybridized carbons (Fsp3) is 0.417. The molecule has 1 aliphatic rings. The van der Waals surface area contributed by atoms with E-state index in [1.54, 1.807) is 17.9 Å². The first-order chi connectivity index (χ1) is 8.99. The number of hydrogen-bond acceptors (Lipinski definition) is 5. The molecule has 0 radical (unpaired) electrons. The van der Waals surface area contributed by atoms with E-state index >= 15 is 0 Å². The topological polar surface area (TPSA) is 106 Å². The predicted octanol–water partition coefficient (Wildman–Crippen LogP) is -0.569. The van der Waals surface area contributed by atoms with Crippen molar-refractivity contribution in [3.05, 3.63) is 17.8 Å². The molecule has 0 aliphatic carbocycles. The second-order valence-corrected chi connectivity index (χ2v) is 4.49. The van der Waals surface area contributed by atoms with E-state index in [2.05, 4.69) is 4.98 Å². The molecular formula is C12H17N5O2. The molecule has 0 saturated carbocycles. The van der Waals surface area contributed by atoms with E-state index in [1.165, 1.54) is 6.20 Å². The normalized spacial score (nSPS) is 15.4. The monoisotopic (exact) mass is 263 g/mol. The molecule has 0 atom stereocenters. The van der Waals surface area contributed by atoms with E-state index in [-0.39, 0.29) is 17.2 Å². The zero-order valence-electron chi connectivity index (χ0n) is 10.8. The number of aromatic nitrogens is 1. The molecule has 2 rings (SSSR count). The van der Waals surface area contributed by atoms with Gasteiger partial charge in [-0.1, -0.05) is 0 Å². The molecule has 2 heterocycles.